The van der Waals surface area contributed by atoms with Gasteiger partial charge in [-0.2, -0.15) is 0 Å². The molecule has 1 rings (SSSR count). The monoisotopic (exact) mass is 333 g/mol. The van der Waals surface area contributed by atoms with Gasteiger partial charge in [-0.15, -0.1) is 0 Å². The first-order chi connectivity index (χ1) is 8.40. The van der Waals surface area contributed by atoms with Crippen LogP contribution in [0.4, 0.5) is 5.69 Å². The molecule has 2 N–H and O–H groups in total. The van der Waals surface area contributed by atoms with Gasteiger partial charge in [-0.1, -0.05) is 15.9 Å². The number of hydrogen-bond acceptors (Lipinski definition) is 3. The molecule has 1 aromatic rings. The van der Waals surface area contributed by atoms with Crippen LogP contribution in [-0.4, -0.2) is 33.3 Å². The summed E-state index contributed by atoms with van der Waals surface area (Å²) in [5.41, 5.74) is 0.814. The lowest BCUT2D eigenvalue weighted by Gasteiger charge is -2.16. The van der Waals surface area contributed by atoms with Gasteiger partial charge in [-0.25, -0.2) is 4.79 Å². The normalized spacial score (nSPS) is 13.9. The number of carboxylic acids is 1. The third kappa shape index (κ3) is 4.78. The third-order valence-corrected chi connectivity index (χ3v) is 3.76. The van der Waals surface area contributed by atoms with Gasteiger partial charge < -0.3 is 10.4 Å². The predicted molar refractivity (Wildman–Crippen MR) is 77.7 cm³/mol. The molecule has 0 spiro atoms. The fourth-order valence-corrected chi connectivity index (χ4v) is 2.55. The topological polar surface area (TPSA) is 66.4 Å². The first-order valence-corrected chi connectivity index (χ1v) is 8.01. The highest BCUT2D eigenvalue weighted by molar-refractivity contribution is 9.10. The summed E-state index contributed by atoms with van der Waals surface area (Å²) < 4.78 is 11.8. The molecule has 1 aromatic carbocycles. The van der Waals surface area contributed by atoms with Gasteiger partial charge in [0.2, 0.25) is 0 Å². The molecule has 2 unspecified atom stereocenters. The molecule has 0 saturated heterocycles. The largest absolute Gasteiger partial charge is 0.478 e. The Morgan fingerprint density at radius 2 is 2.22 bits per heavy atom. The minimum absolute atomic E-state index is 0.0706. The van der Waals surface area contributed by atoms with Crippen LogP contribution in [0, 0.1) is 0 Å². The summed E-state index contributed by atoms with van der Waals surface area (Å²) in [5.74, 6) is -0.360. The minimum Gasteiger partial charge on any atom is -0.478 e. The van der Waals surface area contributed by atoms with Crippen molar-refractivity contribution in [2.24, 2.45) is 0 Å². The van der Waals surface area contributed by atoms with Gasteiger partial charge in [-0.05, 0) is 31.5 Å². The molecule has 0 aliphatic rings. The van der Waals surface area contributed by atoms with Crippen LogP contribution in [0.5, 0.6) is 0 Å². The average molecular weight is 334 g/mol. The maximum atomic E-state index is 11.1. The molecule has 0 bridgehead atoms. The van der Waals surface area contributed by atoms with Crippen LogP contribution in [0.2, 0.25) is 0 Å². The van der Waals surface area contributed by atoms with E-state index in [1.807, 2.05) is 6.92 Å². The van der Waals surface area contributed by atoms with E-state index in [1.165, 1.54) is 0 Å². The van der Waals surface area contributed by atoms with Crippen molar-refractivity contribution in [2.75, 3.05) is 17.3 Å². The molecule has 0 aliphatic heterocycles. The molecule has 18 heavy (non-hydrogen) atoms. The summed E-state index contributed by atoms with van der Waals surface area (Å²) in [4.78, 5) is 11.1. The molecular weight excluding hydrogens is 318 g/mol. The Morgan fingerprint density at radius 3 is 2.78 bits per heavy atom. The zero-order chi connectivity index (χ0) is 13.7. The Bertz CT molecular complexity index is 465. The molecular formula is C12H16BrNO3S. The van der Waals surface area contributed by atoms with Gasteiger partial charge in [-0.3, -0.25) is 4.21 Å². The van der Waals surface area contributed by atoms with Crippen molar-refractivity contribution >= 4 is 38.4 Å². The molecule has 0 aromatic heterocycles. The fourth-order valence-electron chi connectivity index (χ4n) is 1.50. The summed E-state index contributed by atoms with van der Waals surface area (Å²) in [6.07, 6.45) is 2.39. The second-order valence-corrected chi connectivity index (χ2v) is 6.58. The maximum absolute atomic E-state index is 11.1. The smallest absolute Gasteiger partial charge is 0.337 e. The number of anilines is 1. The highest BCUT2D eigenvalue weighted by atomic mass is 79.9. The van der Waals surface area contributed by atoms with E-state index in [-0.39, 0.29) is 11.6 Å². The number of carboxylic acid groups (broad SMARTS) is 1. The summed E-state index contributed by atoms with van der Waals surface area (Å²) >= 11 is 3.32. The molecule has 0 radical (unpaired) electrons. The third-order valence-electron chi connectivity index (χ3n) is 2.45. The van der Waals surface area contributed by atoms with Gasteiger partial charge in [0.25, 0.3) is 0 Å². The van der Waals surface area contributed by atoms with Gasteiger partial charge in [0.15, 0.2) is 0 Å². The van der Waals surface area contributed by atoms with Crippen LogP contribution in [0.1, 0.15) is 23.7 Å². The number of carbonyl (C=O) groups is 1. The highest BCUT2D eigenvalue weighted by Crippen LogP contribution is 2.22. The van der Waals surface area contributed by atoms with Crippen LogP contribution in [0.25, 0.3) is 0 Å². The molecule has 0 amide bonds. The second kappa shape index (κ2) is 6.89. The van der Waals surface area contributed by atoms with E-state index in [0.29, 0.717) is 11.4 Å². The van der Waals surface area contributed by atoms with Crippen molar-refractivity contribution in [3.8, 4) is 0 Å². The van der Waals surface area contributed by atoms with Crippen LogP contribution in [0.15, 0.2) is 22.7 Å². The lowest BCUT2D eigenvalue weighted by atomic mass is 10.1. The Morgan fingerprint density at radius 1 is 1.56 bits per heavy atom. The van der Waals surface area contributed by atoms with E-state index in [1.54, 1.807) is 24.5 Å². The van der Waals surface area contributed by atoms with E-state index in [4.69, 9.17) is 5.11 Å². The lowest BCUT2D eigenvalue weighted by Crippen LogP contribution is -2.19. The highest BCUT2D eigenvalue weighted by Gasteiger charge is 2.12. The number of benzene rings is 1. The Kier molecular flexibility index (Phi) is 5.81. The van der Waals surface area contributed by atoms with Gasteiger partial charge in [0, 0.05) is 33.3 Å². The van der Waals surface area contributed by atoms with Crippen LogP contribution < -0.4 is 5.32 Å². The van der Waals surface area contributed by atoms with E-state index >= 15 is 0 Å². The molecule has 6 heteroatoms. The van der Waals surface area contributed by atoms with Crippen LogP contribution in [0.3, 0.4) is 0 Å². The zero-order valence-corrected chi connectivity index (χ0v) is 12.7. The van der Waals surface area contributed by atoms with E-state index in [2.05, 4.69) is 21.2 Å². The number of rotatable bonds is 6. The Hall–Kier alpha value is -0.880. The lowest BCUT2D eigenvalue weighted by molar-refractivity contribution is 0.0698. The van der Waals surface area contributed by atoms with Crippen molar-refractivity contribution in [1.29, 1.82) is 0 Å². The predicted octanol–water partition coefficient (Wildman–Crippen LogP) is 2.72. The van der Waals surface area contributed by atoms with Crippen molar-refractivity contribution in [2.45, 2.75) is 19.4 Å². The van der Waals surface area contributed by atoms with E-state index < -0.39 is 16.8 Å². The number of aromatic carboxylic acids is 1. The summed E-state index contributed by atoms with van der Waals surface area (Å²) in [6, 6.07) is 5.06. The Labute approximate surface area is 117 Å². The van der Waals surface area contributed by atoms with Crippen LogP contribution >= 0.6 is 15.9 Å². The van der Waals surface area contributed by atoms with Crippen molar-refractivity contribution in [1.82, 2.24) is 0 Å². The van der Waals surface area contributed by atoms with Crippen molar-refractivity contribution in [3.05, 3.63) is 28.2 Å². The number of nitrogens with one attached hydrogen (secondary N) is 1. The van der Waals surface area contributed by atoms with E-state index in [0.717, 1.165) is 10.9 Å². The summed E-state index contributed by atoms with van der Waals surface area (Å²) in [6.45, 7) is 1.94. The second-order valence-electron chi connectivity index (χ2n) is 4.11. The quantitative estimate of drug-likeness (QED) is 0.839. The first kappa shape index (κ1) is 15.2. The molecule has 100 valence electrons. The number of halogens is 1. The average Bonchev–Trinajstić information content (AvgIpc) is 2.26. The first-order valence-electron chi connectivity index (χ1n) is 5.49. The molecule has 0 saturated carbocycles. The SMILES string of the molecule is CC(CCS(C)=O)Nc1cc(Br)ccc1C(=O)O. The van der Waals surface area contributed by atoms with E-state index in [9.17, 15) is 9.00 Å². The molecule has 2 atom stereocenters. The molecule has 0 aliphatic carbocycles. The number of hydrogen-bond donors (Lipinski definition) is 2. The maximum Gasteiger partial charge on any atom is 0.337 e. The van der Waals surface area contributed by atoms with Crippen LogP contribution in [-0.2, 0) is 10.8 Å². The van der Waals surface area contributed by atoms with Gasteiger partial charge in [0.1, 0.15) is 0 Å². The molecule has 0 fully saturated rings. The standard InChI is InChI=1S/C12H16BrNO3S/c1-8(5-6-18(2)17)14-11-7-9(13)3-4-10(11)12(15)16/h3-4,7-8,14H,5-6H2,1-2H3,(H,15,16). The van der Waals surface area contributed by atoms with Gasteiger partial charge in [0.05, 0.1) is 11.3 Å². The fraction of sp³-hybridized carbons (Fsp3) is 0.417. The summed E-state index contributed by atoms with van der Waals surface area (Å²) in [7, 11) is -0.828. The van der Waals surface area contributed by atoms with Crippen molar-refractivity contribution in [3.63, 3.8) is 0 Å². The minimum atomic E-state index is -0.962. The summed E-state index contributed by atoms with van der Waals surface area (Å²) in [5, 5.41) is 12.2. The zero-order valence-electron chi connectivity index (χ0n) is 10.3. The van der Waals surface area contributed by atoms with Crippen molar-refractivity contribution < 1.29 is 14.1 Å². The molecule has 4 nitrogen and oxygen atoms in total. The van der Waals surface area contributed by atoms with Gasteiger partial charge >= 0.3 is 5.97 Å². The Balaban J connectivity index is 2.79. The molecule has 0 heterocycles.